The summed E-state index contributed by atoms with van der Waals surface area (Å²) in [6, 6.07) is 4.98. The number of carboxylic acid groups (broad SMARTS) is 1. The van der Waals surface area contributed by atoms with Gasteiger partial charge in [0.15, 0.2) is 11.9 Å². The number of benzene rings is 1. The van der Waals surface area contributed by atoms with Crippen molar-refractivity contribution >= 4 is 29.2 Å². The van der Waals surface area contributed by atoms with Gasteiger partial charge in [-0.1, -0.05) is 36.2 Å². The maximum Gasteiger partial charge on any atom is 0.336 e. The van der Waals surface area contributed by atoms with Crippen molar-refractivity contribution in [2.24, 2.45) is 0 Å². The number of hydrogen-bond acceptors (Lipinski definition) is 3. The number of rotatable bonds is 3. The average Bonchev–Trinajstić information content (AvgIpc) is 2.68. The van der Waals surface area contributed by atoms with Gasteiger partial charge in [-0.25, -0.2) is 4.79 Å². The molecule has 1 aromatic carbocycles. The van der Waals surface area contributed by atoms with Crippen LogP contribution in [0.3, 0.4) is 0 Å². The number of ether oxygens (including phenoxy) is 2. The van der Waals surface area contributed by atoms with Gasteiger partial charge in [-0.15, -0.1) is 0 Å². The Morgan fingerprint density at radius 3 is 2.42 bits per heavy atom. The molecule has 0 aromatic heterocycles. The molecule has 3 atom stereocenters. The van der Waals surface area contributed by atoms with E-state index in [9.17, 15) is 9.90 Å². The molecule has 1 aliphatic heterocycles. The third-order valence-electron chi connectivity index (χ3n) is 3.20. The van der Waals surface area contributed by atoms with Crippen molar-refractivity contribution in [3.63, 3.8) is 0 Å². The first kappa shape index (κ1) is 14.6. The molecule has 1 fully saturated rings. The van der Waals surface area contributed by atoms with Crippen LogP contribution in [-0.2, 0) is 14.3 Å². The third kappa shape index (κ3) is 2.72. The van der Waals surface area contributed by atoms with E-state index in [1.54, 1.807) is 25.1 Å². The molecule has 0 bridgehead atoms. The molecule has 1 heterocycles. The molecule has 1 aromatic rings. The summed E-state index contributed by atoms with van der Waals surface area (Å²) in [5.41, 5.74) is 0.454. The Labute approximate surface area is 121 Å². The van der Waals surface area contributed by atoms with E-state index in [4.69, 9.17) is 32.7 Å². The summed E-state index contributed by atoms with van der Waals surface area (Å²) < 4.78 is 11.2. The molecule has 1 aliphatic rings. The summed E-state index contributed by atoms with van der Waals surface area (Å²) in [6.45, 7) is 3.56. The molecule has 104 valence electrons. The van der Waals surface area contributed by atoms with Crippen molar-refractivity contribution in [3.8, 4) is 0 Å². The Kier molecular flexibility index (Phi) is 4.06. The second-order valence-corrected chi connectivity index (χ2v) is 5.35. The van der Waals surface area contributed by atoms with E-state index in [-0.39, 0.29) is 0 Å². The van der Waals surface area contributed by atoms with Gasteiger partial charge in [0.1, 0.15) is 6.10 Å². The monoisotopic (exact) mass is 304 g/mol. The summed E-state index contributed by atoms with van der Waals surface area (Å²) in [5, 5.41) is 10.00. The molecule has 6 heteroatoms. The summed E-state index contributed by atoms with van der Waals surface area (Å²) in [5.74, 6) is -2.05. The van der Waals surface area contributed by atoms with E-state index in [0.29, 0.717) is 22.0 Å². The topological polar surface area (TPSA) is 55.8 Å². The second-order valence-electron chi connectivity index (χ2n) is 4.54. The van der Waals surface area contributed by atoms with Gasteiger partial charge in [-0.05, 0) is 25.5 Å². The van der Waals surface area contributed by atoms with E-state index in [1.165, 1.54) is 0 Å². The van der Waals surface area contributed by atoms with E-state index < -0.39 is 24.0 Å². The summed E-state index contributed by atoms with van der Waals surface area (Å²) in [7, 11) is 0. The Bertz CT molecular complexity index is 485. The van der Waals surface area contributed by atoms with Crippen LogP contribution < -0.4 is 0 Å². The lowest BCUT2D eigenvalue weighted by Gasteiger charge is -2.21. The lowest BCUT2D eigenvalue weighted by atomic mass is 10.0. The van der Waals surface area contributed by atoms with Crippen LogP contribution in [0.2, 0.25) is 10.0 Å². The lowest BCUT2D eigenvalue weighted by Crippen LogP contribution is -2.29. The fourth-order valence-corrected chi connectivity index (χ4v) is 2.64. The maximum absolute atomic E-state index is 11.3. The Balaban J connectivity index is 2.45. The van der Waals surface area contributed by atoms with Crippen molar-refractivity contribution in [1.82, 2.24) is 0 Å². The standard InChI is InChI=1S/C13H14Cl2O4/c1-3-13(2)18-10(11(19-13)12(16)17)9-7(14)5-4-6-8(9)15/h4-6,10-11H,3H2,1-2H3,(H,16,17)/t10-,11+,13?/m0/s1. The first-order chi connectivity index (χ1) is 8.88. The van der Waals surface area contributed by atoms with Crippen LogP contribution in [0.5, 0.6) is 0 Å². The third-order valence-corrected chi connectivity index (χ3v) is 3.86. The van der Waals surface area contributed by atoms with E-state index >= 15 is 0 Å². The molecule has 1 saturated heterocycles. The van der Waals surface area contributed by atoms with Gasteiger partial charge in [-0.3, -0.25) is 0 Å². The van der Waals surface area contributed by atoms with Crippen molar-refractivity contribution in [3.05, 3.63) is 33.8 Å². The molecule has 0 spiro atoms. The van der Waals surface area contributed by atoms with Crippen molar-refractivity contribution in [2.75, 3.05) is 0 Å². The van der Waals surface area contributed by atoms with E-state index in [2.05, 4.69) is 0 Å². The lowest BCUT2D eigenvalue weighted by molar-refractivity contribution is -0.175. The fourth-order valence-electron chi connectivity index (χ4n) is 2.03. The Morgan fingerprint density at radius 2 is 1.95 bits per heavy atom. The molecular weight excluding hydrogens is 291 g/mol. The van der Waals surface area contributed by atoms with Gasteiger partial charge in [0.2, 0.25) is 0 Å². The molecule has 19 heavy (non-hydrogen) atoms. The minimum absolute atomic E-state index is 0.368. The zero-order valence-electron chi connectivity index (χ0n) is 10.5. The van der Waals surface area contributed by atoms with E-state index in [1.807, 2.05) is 6.92 Å². The van der Waals surface area contributed by atoms with Crippen molar-refractivity contribution in [2.45, 2.75) is 38.3 Å². The highest BCUT2D eigenvalue weighted by molar-refractivity contribution is 6.36. The van der Waals surface area contributed by atoms with Crippen LogP contribution in [0.4, 0.5) is 0 Å². The number of carboxylic acids is 1. The molecule has 0 amide bonds. The predicted molar refractivity (Wildman–Crippen MR) is 71.5 cm³/mol. The highest BCUT2D eigenvalue weighted by Crippen LogP contribution is 2.44. The zero-order chi connectivity index (χ0) is 14.2. The van der Waals surface area contributed by atoms with Gasteiger partial charge in [0.25, 0.3) is 0 Å². The zero-order valence-corrected chi connectivity index (χ0v) is 12.0. The first-order valence-electron chi connectivity index (χ1n) is 5.90. The fraction of sp³-hybridized carbons (Fsp3) is 0.462. The SMILES string of the molecule is CCC1(C)O[C@@H](C(=O)O)[C@H](c2c(Cl)cccc2Cl)O1. The van der Waals surface area contributed by atoms with Crippen LogP contribution in [0.1, 0.15) is 31.9 Å². The quantitative estimate of drug-likeness (QED) is 0.926. The molecule has 2 rings (SSSR count). The Morgan fingerprint density at radius 1 is 1.37 bits per heavy atom. The largest absolute Gasteiger partial charge is 0.479 e. The van der Waals surface area contributed by atoms with Gasteiger partial charge in [0, 0.05) is 15.6 Å². The summed E-state index contributed by atoms with van der Waals surface area (Å²) in [6.07, 6.45) is -1.42. The highest BCUT2D eigenvalue weighted by Gasteiger charge is 2.48. The number of halogens is 2. The van der Waals surface area contributed by atoms with Crippen molar-refractivity contribution < 1.29 is 19.4 Å². The Hall–Kier alpha value is -0.810. The summed E-state index contributed by atoms with van der Waals surface area (Å²) in [4.78, 5) is 11.3. The summed E-state index contributed by atoms with van der Waals surface area (Å²) >= 11 is 12.2. The van der Waals surface area contributed by atoms with Crippen LogP contribution in [-0.4, -0.2) is 23.0 Å². The van der Waals surface area contributed by atoms with Gasteiger partial charge >= 0.3 is 5.97 Å². The second kappa shape index (κ2) is 5.29. The molecular formula is C13H14Cl2O4. The van der Waals surface area contributed by atoms with Gasteiger partial charge < -0.3 is 14.6 Å². The normalized spacial score (nSPS) is 30.5. The smallest absolute Gasteiger partial charge is 0.336 e. The molecule has 0 saturated carbocycles. The first-order valence-corrected chi connectivity index (χ1v) is 6.66. The number of hydrogen-bond donors (Lipinski definition) is 1. The minimum atomic E-state index is -1.12. The minimum Gasteiger partial charge on any atom is -0.479 e. The molecule has 0 aliphatic carbocycles. The van der Waals surface area contributed by atoms with E-state index in [0.717, 1.165) is 0 Å². The van der Waals surface area contributed by atoms with Crippen LogP contribution in [0, 0.1) is 0 Å². The predicted octanol–water partition coefficient (Wildman–Crippen LogP) is 3.66. The highest BCUT2D eigenvalue weighted by atomic mass is 35.5. The molecule has 1 unspecified atom stereocenters. The number of aliphatic carboxylic acids is 1. The van der Waals surface area contributed by atoms with Gasteiger partial charge in [-0.2, -0.15) is 0 Å². The molecule has 4 nitrogen and oxygen atoms in total. The van der Waals surface area contributed by atoms with Gasteiger partial charge in [0.05, 0.1) is 0 Å². The molecule has 1 N–H and O–H groups in total. The van der Waals surface area contributed by atoms with Crippen LogP contribution in [0.25, 0.3) is 0 Å². The molecule has 0 radical (unpaired) electrons. The number of carbonyl (C=O) groups is 1. The maximum atomic E-state index is 11.3. The van der Waals surface area contributed by atoms with Crippen LogP contribution >= 0.6 is 23.2 Å². The van der Waals surface area contributed by atoms with Crippen molar-refractivity contribution in [1.29, 1.82) is 0 Å². The average molecular weight is 305 g/mol. The van der Waals surface area contributed by atoms with Crippen LogP contribution in [0.15, 0.2) is 18.2 Å².